The Labute approximate surface area is 222 Å². The van der Waals surface area contributed by atoms with Gasteiger partial charge in [-0.15, -0.1) is 0 Å². The lowest BCUT2D eigenvalue weighted by atomic mass is 10.1. The predicted molar refractivity (Wildman–Crippen MR) is 159 cm³/mol. The van der Waals surface area contributed by atoms with Crippen LogP contribution in [-0.4, -0.2) is 15.1 Å². The molecule has 0 saturated heterocycles. The SMILES string of the molecule is CCS(c1ccccc1)(c1ccccc1)c1cccc(-c2ccc3sc4nc5ccccc5n4c3c2)c1. The molecule has 0 N–H and O–H groups in total. The molecule has 180 valence electrons. The van der Waals surface area contributed by atoms with E-state index in [1.54, 1.807) is 11.3 Å². The highest BCUT2D eigenvalue weighted by molar-refractivity contribution is 8.33. The standard InChI is InChI=1S/C33H26N2S2/c1-2-37(26-13-5-3-6-14-26,27-15-7-4-8-16-27)28-17-11-12-24(22-28)25-20-21-32-31(23-25)35-30-19-10-9-18-29(30)34-33(35)36-32/h3-23H,2H2,1H3. The van der Waals surface area contributed by atoms with E-state index in [4.69, 9.17) is 4.98 Å². The molecule has 0 spiro atoms. The summed E-state index contributed by atoms with van der Waals surface area (Å²) in [6, 6.07) is 46.6. The number of imidazole rings is 1. The van der Waals surface area contributed by atoms with Gasteiger partial charge in [0.15, 0.2) is 4.96 Å². The maximum absolute atomic E-state index is 4.86. The summed E-state index contributed by atoms with van der Waals surface area (Å²) in [5.74, 6) is 1.05. The van der Waals surface area contributed by atoms with Crippen molar-refractivity contribution in [1.29, 1.82) is 0 Å². The summed E-state index contributed by atoms with van der Waals surface area (Å²) in [6.07, 6.45) is 0. The number of fused-ring (bicyclic) bond motifs is 5. The van der Waals surface area contributed by atoms with Crippen molar-refractivity contribution < 1.29 is 0 Å². The average molecular weight is 515 g/mol. The summed E-state index contributed by atoms with van der Waals surface area (Å²) in [5.41, 5.74) is 5.91. The van der Waals surface area contributed by atoms with Gasteiger partial charge in [-0.3, -0.25) is 4.40 Å². The van der Waals surface area contributed by atoms with Crippen molar-refractivity contribution in [2.24, 2.45) is 0 Å². The van der Waals surface area contributed by atoms with E-state index in [1.807, 2.05) is 0 Å². The Balaban J connectivity index is 1.43. The van der Waals surface area contributed by atoms with Gasteiger partial charge in [-0.2, -0.15) is 10.0 Å². The molecule has 7 aromatic rings. The normalized spacial score (nSPS) is 12.5. The minimum Gasteiger partial charge on any atom is -0.283 e. The summed E-state index contributed by atoms with van der Waals surface area (Å²) in [5, 5.41) is 0. The zero-order valence-electron chi connectivity index (χ0n) is 20.5. The van der Waals surface area contributed by atoms with Crippen LogP contribution in [0.1, 0.15) is 6.92 Å². The van der Waals surface area contributed by atoms with Crippen molar-refractivity contribution in [1.82, 2.24) is 9.38 Å². The minimum atomic E-state index is -1.40. The molecule has 2 heterocycles. The number of hydrogen-bond acceptors (Lipinski definition) is 2. The molecule has 7 rings (SSSR count). The summed E-state index contributed by atoms with van der Waals surface area (Å²) in [7, 11) is -1.40. The van der Waals surface area contributed by atoms with Gasteiger partial charge in [-0.05, 0) is 92.2 Å². The molecule has 0 saturated carbocycles. The van der Waals surface area contributed by atoms with Gasteiger partial charge in [0.05, 0.1) is 21.3 Å². The lowest BCUT2D eigenvalue weighted by Gasteiger charge is -2.41. The molecule has 0 aliphatic rings. The monoisotopic (exact) mass is 514 g/mol. The van der Waals surface area contributed by atoms with E-state index in [1.165, 1.54) is 36.0 Å². The fourth-order valence-electron chi connectivity index (χ4n) is 5.47. The lowest BCUT2D eigenvalue weighted by molar-refractivity contribution is 1.25. The average Bonchev–Trinajstić information content (AvgIpc) is 3.51. The fourth-order valence-corrected chi connectivity index (χ4v) is 10.2. The maximum atomic E-state index is 4.86. The Morgan fingerprint density at radius 2 is 1.27 bits per heavy atom. The van der Waals surface area contributed by atoms with Crippen LogP contribution >= 0.6 is 21.4 Å². The van der Waals surface area contributed by atoms with E-state index in [9.17, 15) is 0 Å². The first-order valence-corrected chi connectivity index (χ1v) is 15.2. The van der Waals surface area contributed by atoms with Crippen LogP contribution in [0, 0.1) is 0 Å². The number of hydrogen-bond donors (Lipinski definition) is 0. The Bertz CT molecular complexity index is 1830. The van der Waals surface area contributed by atoms with Crippen molar-refractivity contribution in [2.75, 3.05) is 5.75 Å². The molecule has 5 aromatic carbocycles. The van der Waals surface area contributed by atoms with Crippen LogP contribution in [0.25, 0.3) is 37.3 Å². The van der Waals surface area contributed by atoms with Gasteiger partial charge in [0, 0.05) is 0 Å². The van der Waals surface area contributed by atoms with Crippen molar-refractivity contribution in [3.63, 3.8) is 0 Å². The highest BCUT2D eigenvalue weighted by Gasteiger charge is 2.29. The third kappa shape index (κ3) is 3.51. The van der Waals surface area contributed by atoms with Gasteiger partial charge in [0.1, 0.15) is 0 Å². The molecule has 2 aromatic heterocycles. The third-order valence-corrected chi connectivity index (χ3v) is 12.3. The molecule has 2 nitrogen and oxygen atoms in total. The maximum Gasteiger partial charge on any atom is 0.195 e. The zero-order valence-corrected chi connectivity index (χ0v) is 22.2. The molecule has 37 heavy (non-hydrogen) atoms. The molecule has 0 aliphatic heterocycles. The van der Waals surface area contributed by atoms with Crippen LogP contribution < -0.4 is 0 Å². The summed E-state index contributed by atoms with van der Waals surface area (Å²) >= 11 is 1.75. The number of para-hydroxylation sites is 2. The van der Waals surface area contributed by atoms with Crippen molar-refractivity contribution in [2.45, 2.75) is 21.6 Å². The number of rotatable bonds is 5. The van der Waals surface area contributed by atoms with Crippen LogP contribution in [0.4, 0.5) is 0 Å². The van der Waals surface area contributed by atoms with Gasteiger partial charge >= 0.3 is 0 Å². The number of aromatic nitrogens is 2. The predicted octanol–water partition coefficient (Wildman–Crippen LogP) is 9.67. The van der Waals surface area contributed by atoms with Crippen molar-refractivity contribution in [3.05, 3.63) is 127 Å². The second-order valence-corrected chi connectivity index (χ2v) is 13.7. The van der Waals surface area contributed by atoms with Crippen LogP contribution in [0.15, 0.2) is 142 Å². The first-order valence-electron chi connectivity index (χ1n) is 12.6. The van der Waals surface area contributed by atoms with Crippen molar-refractivity contribution >= 4 is 47.6 Å². The molecule has 0 radical (unpaired) electrons. The van der Waals surface area contributed by atoms with Gasteiger partial charge in [0.2, 0.25) is 0 Å². The number of nitrogens with zero attached hydrogens (tertiary/aromatic N) is 2. The van der Waals surface area contributed by atoms with Crippen LogP contribution in [0.5, 0.6) is 0 Å². The molecule has 0 amide bonds. The Morgan fingerprint density at radius 3 is 2.00 bits per heavy atom. The van der Waals surface area contributed by atoms with E-state index in [0.717, 1.165) is 21.7 Å². The molecule has 0 bridgehead atoms. The van der Waals surface area contributed by atoms with Crippen LogP contribution in [0.3, 0.4) is 0 Å². The molecule has 0 aliphatic carbocycles. The van der Waals surface area contributed by atoms with Gasteiger partial charge in [-0.1, -0.05) is 85.0 Å². The topological polar surface area (TPSA) is 17.3 Å². The highest BCUT2D eigenvalue weighted by Crippen LogP contribution is 2.68. The quantitative estimate of drug-likeness (QED) is 0.223. The number of benzene rings is 5. The van der Waals surface area contributed by atoms with Gasteiger partial charge < -0.3 is 0 Å². The minimum absolute atomic E-state index is 1.05. The van der Waals surface area contributed by atoms with Gasteiger partial charge in [0.25, 0.3) is 0 Å². The summed E-state index contributed by atoms with van der Waals surface area (Å²) < 4.78 is 3.56. The molecule has 0 unspecified atom stereocenters. The van der Waals surface area contributed by atoms with E-state index >= 15 is 0 Å². The van der Waals surface area contributed by atoms with E-state index in [2.05, 4.69) is 139 Å². The molecular weight excluding hydrogens is 489 g/mol. The Hall–Kier alpha value is -3.86. The van der Waals surface area contributed by atoms with E-state index in [0.29, 0.717) is 0 Å². The van der Waals surface area contributed by atoms with Crippen molar-refractivity contribution in [3.8, 4) is 11.1 Å². The first-order chi connectivity index (χ1) is 18.3. The Morgan fingerprint density at radius 1 is 0.622 bits per heavy atom. The Kier molecular flexibility index (Phi) is 5.38. The van der Waals surface area contributed by atoms with Crippen LogP contribution in [0.2, 0.25) is 0 Å². The third-order valence-electron chi connectivity index (χ3n) is 7.23. The summed E-state index contributed by atoms with van der Waals surface area (Å²) in [4.78, 5) is 10.1. The lowest BCUT2D eigenvalue weighted by Crippen LogP contribution is -2.06. The molecule has 0 fully saturated rings. The second kappa shape index (κ2) is 8.91. The molecule has 0 atom stereocenters. The van der Waals surface area contributed by atoms with Crippen LogP contribution in [-0.2, 0) is 0 Å². The van der Waals surface area contributed by atoms with E-state index in [-0.39, 0.29) is 0 Å². The summed E-state index contributed by atoms with van der Waals surface area (Å²) in [6.45, 7) is 2.33. The van der Waals surface area contributed by atoms with E-state index < -0.39 is 10.0 Å². The smallest absolute Gasteiger partial charge is 0.195 e. The largest absolute Gasteiger partial charge is 0.283 e. The first kappa shape index (κ1) is 22.3. The zero-order chi connectivity index (χ0) is 24.8. The molecule has 4 heteroatoms. The van der Waals surface area contributed by atoms with Gasteiger partial charge in [-0.25, -0.2) is 4.98 Å². The highest BCUT2D eigenvalue weighted by atomic mass is 32.3. The molecular formula is C33H26N2S2. The second-order valence-electron chi connectivity index (χ2n) is 9.18. The number of thiazole rings is 1. The fraction of sp³-hybridized carbons (Fsp3) is 0.0606.